The number of nitrogens with one attached hydrogen (secondary N) is 1. The normalized spacial score (nSPS) is 19.2. The number of esters is 1. The first-order valence-corrected chi connectivity index (χ1v) is 33.4. The number of carbonyl (C=O) groups excluding carboxylic acids is 2. The average molecular weight is 1140 g/mol. The smallest absolute Gasteiger partial charge is 0.306 e. The SMILES string of the molecule is CCCCC/C=C\C/C=C\C/C=C\CCCCCCCCCCCC(O)C(=O)NC(COC1OC(CO)C(O)C(O)C1OC(=O)CCCCCC/C=C\C/C=C\C/C=C\CCCCC)C(O)/C=C/CCCCCCCCCCCCC. The molecule has 1 aliphatic rings. The molecule has 8 unspecified atom stereocenters. The van der Waals surface area contributed by atoms with Crippen molar-refractivity contribution in [2.45, 2.75) is 333 Å². The fourth-order valence-corrected chi connectivity index (χ4v) is 9.96. The van der Waals surface area contributed by atoms with Crippen LogP contribution in [-0.2, 0) is 23.8 Å². The molecule has 1 heterocycles. The molecule has 0 aromatic rings. The molecule has 11 heteroatoms. The lowest BCUT2D eigenvalue weighted by Gasteiger charge is -2.41. The number of carbonyl (C=O) groups is 2. The maximum atomic E-state index is 13.5. The summed E-state index contributed by atoms with van der Waals surface area (Å²) in [5.41, 5.74) is 0. The molecule has 1 rings (SSSR count). The molecule has 0 aliphatic carbocycles. The molecule has 0 saturated carbocycles. The monoisotopic (exact) mass is 1140 g/mol. The van der Waals surface area contributed by atoms with E-state index in [0.717, 1.165) is 103 Å². The van der Waals surface area contributed by atoms with Crippen molar-refractivity contribution in [3.05, 3.63) is 85.1 Å². The molecule has 468 valence electrons. The Morgan fingerprint density at radius 1 is 0.481 bits per heavy atom. The second-order valence-electron chi connectivity index (χ2n) is 22.8. The summed E-state index contributed by atoms with van der Waals surface area (Å²) in [6, 6.07) is -1.04. The van der Waals surface area contributed by atoms with Crippen molar-refractivity contribution in [1.29, 1.82) is 0 Å². The molecule has 0 bridgehead atoms. The predicted octanol–water partition coefficient (Wildman–Crippen LogP) is 16.5. The summed E-state index contributed by atoms with van der Waals surface area (Å²) in [6.07, 6.45) is 64.6. The van der Waals surface area contributed by atoms with Gasteiger partial charge in [0.1, 0.15) is 24.4 Å². The minimum atomic E-state index is -1.63. The van der Waals surface area contributed by atoms with E-state index in [1.165, 1.54) is 135 Å². The number of ether oxygens (including phenoxy) is 3. The van der Waals surface area contributed by atoms with Crippen LogP contribution in [-0.4, -0.2) is 99.6 Å². The molecule has 11 nitrogen and oxygen atoms in total. The van der Waals surface area contributed by atoms with Crippen molar-refractivity contribution < 1.29 is 49.3 Å². The molecule has 0 aromatic heterocycles. The maximum Gasteiger partial charge on any atom is 0.306 e. The van der Waals surface area contributed by atoms with Crippen LogP contribution in [0.5, 0.6) is 0 Å². The lowest BCUT2D eigenvalue weighted by Crippen LogP contribution is -2.61. The first-order chi connectivity index (χ1) is 39.7. The van der Waals surface area contributed by atoms with Crippen LogP contribution in [0.4, 0.5) is 0 Å². The first-order valence-electron chi connectivity index (χ1n) is 33.4. The molecule has 0 radical (unpaired) electrons. The number of hydrogen-bond donors (Lipinski definition) is 6. The average Bonchev–Trinajstić information content (AvgIpc) is 3.49. The number of amides is 1. The summed E-state index contributed by atoms with van der Waals surface area (Å²) in [5.74, 6) is -1.22. The van der Waals surface area contributed by atoms with Crippen LogP contribution in [0.1, 0.15) is 284 Å². The molecule has 8 atom stereocenters. The second kappa shape index (κ2) is 57.3. The molecule has 6 N–H and O–H groups in total. The highest BCUT2D eigenvalue weighted by Gasteiger charge is 2.47. The van der Waals surface area contributed by atoms with Gasteiger partial charge in [-0.05, 0) is 103 Å². The second-order valence-corrected chi connectivity index (χ2v) is 22.8. The third-order valence-corrected chi connectivity index (χ3v) is 15.3. The van der Waals surface area contributed by atoms with E-state index in [4.69, 9.17) is 14.2 Å². The Morgan fingerprint density at radius 3 is 1.30 bits per heavy atom. The number of hydrogen-bond acceptors (Lipinski definition) is 10. The highest BCUT2D eigenvalue weighted by molar-refractivity contribution is 5.80. The minimum Gasteiger partial charge on any atom is -0.454 e. The highest BCUT2D eigenvalue weighted by Crippen LogP contribution is 2.26. The summed E-state index contributed by atoms with van der Waals surface area (Å²) in [5, 5.41) is 57.1. The number of aliphatic hydroxyl groups excluding tert-OH is 5. The van der Waals surface area contributed by atoms with Crippen molar-refractivity contribution in [2.75, 3.05) is 13.2 Å². The summed E-state index contributed by atoms with van der Waals surface area (Å²) >= 11 is 0. The Balaban J connectivity index is 2.66. The molecule has 0 spiro atoms. The van der Waals surface area contributed by atoms with Gasteiger partial charge in [0, 0.05) is 6.42 Å². The number of allylic oxidation sites excluding steroid dienone is 13. The molecule has 1 amide bonds. The van der Waals surface area contributed by atoms with Gasteiger partial charge in [0.2, 0.25) is 5.91 Å². The third-order valence-electron chi connectivity index (χ3n) is 15.3. The van der Waals surface area contributed by atoms with Gasteiger partial charge < -0.3 is 45.1 Å². The molecular weight excluding hydrogens is 1010 g/mol. The summed E-state index contributed by atoms with van der Waals surface area (Å²) in [4.78, 5) is 26.6. The quantitative estimate of drug-likeness (QED) is 0.0195. The Kier molecular flexibility index (Phi) is 53.6. The largest absolute Gasteiger partial charge is 0.454 e. The van der Waals surface area contributed by atoms with E-state index in [-0.39, 0.29) is 19.4 Å². The van der Waals surface area contributed by atoms with Gasteiger partial charge in [-0.25, -0.2) is 0 Å². The molecule has 1 fully saturated rings. The van der Waals surface area contributed by atoms with Crippen LogP contribution in [0.25, 0.3) is 0 Å². The van der Waals surface area contributed by atoms with E-state index in [0.29, 0.717) is 12.8 Å². The van der Waals surface area contributed by atoms with Crippen LogP contribution in [0.15, 0.2) is 85.1 Å². The van der Waals surface area contributed by atoms with Crippen LogP contribution in [0, 0.1) is 0 Å². The van der Waals surface area contributed by atoms with Crippen molar-refractivity contribution >= 4 is 11.9 Å². The van der Waals surface area contributed by atoms with E-state index in [2.05, 4.69) is 99.0 Å². The summed E-state index contributed by atoms with van der Waals surface area (Å²) in [6.45, 7) is 5.73. The van der Waals surface area contributed by atoms with Crippen molar-refractivity contribution in [3.8, 4) is 0 Å². The molecule has 0 aromatic carbocycles. The first kappa shape index (κ1) is 75.9. The number of aliphatic hydroxyl groups is 5. The van der Waals surface area contributed by atoms with Crippen molar-refractivity contribution in [2.24, 2.45) is 0 Å². The molecular formula is C70H123NO10. The number of rotatable bonds is 56. The highest BCUT2D eigenvalue weighted by atomic mass is 16.7. The lowest BCUT2D eigenvalue weighted by molar-refractivity contribution is -0.305. The van der Waals surface area contributed by atoms with Crippen LogP contribution in [0.2, 0.25) is 0 Å². The zero-order valence-electron chi connectivity index (χ0n) is 51.9. The maximum absolute atomic E-state index is 13.5. The van der Waals surface area contributed by atoms with Crippen LogP contribution < -0.4 is 5.32 Å². The van der Waals surface area contributed by atoms with E-state index in [9.17, 15) is 35.1 Å². The third kappa shape index (κ3) is 45.0. The minimum absolute atomic E-state index is 0.0948. The van der Waals surface area contributed by atoms with Gasteiger partial charge in [0.25, 0.3) is 0 Å². The van der Waals surface area contributed by atoms with Gasteiger partial charge >= 0.3 is 5.97 Å². The predicted molar refractivity (Wildman–Crippen MR) is 338 cm³/mol. The summed E-state index contributed by atoms with van der Waals surface area (Å²) in [7, 11) is 0. The van der Waals surface area contributed by atoms with E-state index in [1.54, 1.807) is 6.08 Å². The topological polar surface area (TPSA) is 175 Å². The zero-order chi connectivity index (χ0) is 58.9. The Hall–Kier alpha value is -3.16. The van der Waals surface area contributed by atoms with Gasteiger partial charge in [-0.3, -0.25) is 9.59 Å². The van der Waals surface area contributed by atoms with E-state index < -0.39 is 67.4 Å². The van der Waals surface area contributed by atoms with E-state index >= 15 is 0 Å². The standard InChI is InChI=1S/C70H123NO10/c1-4-7-10-13-16-19-22-25-27-29-30-31-32-33-35-36-39-42-45-48-51-54-57-63(74)69(78)71-61(62(73)56-53-50-47-44-41-38-24-21-18-15-12-9-6-3)60-79-70-68(67(77)66(76)64(59-72)80-70)81-65(75)58-55-52-49-46-43-40-37-34-28-26-23-20-17-14-11-8-5-2/h16-17,19-20,25-28,30-31,37,40,53,56,61-64,66-68,70,72-74,76-77H,4-15,18,21-24,29,32-36,38-39,41-52,54-55,57-60H2,1-3H3,(H,71,78)/b19-16-,20-17-,27-25-,28-26-,31-30-,40-37-,56-53+. The van der Waals surface area contributed by atoms with Gasteiger partial charge in [0.15, 0.2) is 12.4 Å². The van der Waals surface area contributed by atoms with Gasteiger partial charge in [-0.2, -0.15) is 0 Å². The fraction of sp³-hybridized carbons (Fsp3) is 0.771. The Bertz CT molecular complexity index is 1640. The molecule has 1 aliphatic heterocycles. The Morgan fingerprint density at radius 2 is 0.852 bits per heavy atom. The molecule has 1 saturated heterocycles. The summed E-state index contributed by atoms with van der Waals surface area (Å²) < 4.78 is 17.6. The zero-order valence-corrected chi connectivity index (χ0v) is 51.9. The van der Waals surface area contributed by atoms with Gasteiger partial charge in [-0.15, -0.1) is 0 Å². The van der Waals surface area contributed by atoms with Gasteiger partial charge in [-0.1, -0.05) is 260 Å². The number of unbranched alkanes of at least 4 members (excludes halogenated alkanes) is 30. The van der Waals surface area contributed by atoms with Gasteiger partial charge in [0.05, 0.1) is 25.4 Å². The van der Waals surface area contributed by atoms with Crippen LogP contribution >= 0.6 is 0 Å². The fourth-order valence-electron chi connectivity index (χ4n) is 9.96. The molecule has 81 heavy (non-hydrogen) atoms. The van der Waals surface area contributed by atoms with Crippen molar-refractivity contribution in [1.82, 2.24) is 5.32 Å². The van der Waals surface area contributed by atoms with Crippen LogP contribution in [0.3, 0.4) is 0 Å². The van der Waals surface area contributed by atoms with Crippen molar-refractivity contribution in [3.63, 3.8) is 0 Å². The van der Waals surface area contributed by atoms with E-state index in [1.807, 2.05) is 6.08 Å². The Labute approximate surface area is 495 Å². The lowest BCUT2D eigenvalue weighted by atomic mass is 9.99.